The monoisotopic (exact) mass is 168 g/mol. The average molecular weight is 168 g/mol. The molecular weight excluding hydrogens is 160 g/mol. The van der Waals surface area contributed by atoms with Gasteiger partial charge >= 0.3 is 0 Å². The van der Waals surface area contributed by atoms with Gasteiger partial charge in [-0.2, -0.15) is 0 Å². The molecule has 0 fully saturated rings. The number of aromatic nitrogens is 2. The van der Waals surface area contributed by atoms with Gasteiger partial charge in [0.2, 0.25) is 0 Å². The van der Waals surface area contributed by atoms with Crippen LogP contribution in [0.2, 0.25) is 0 Å². The number of nitrogens with zero attached hydrogens (tertiary/aromatic N) is 2. The van der Waals surface area contributed by atoms with E-state index in [0.717, 1.165) is 0 Å². The number of nitrogen functional groups attached to an aromatic ring is 1. The van der Waals surface area contributed by atoms with Crippen LogP contribution in [0, 0.1) is 5.41 Å². The van der Waals surface area contributed by atoms with Crippen LogP contribution in [-0.2, 0) is 0 Å². The second-order valence-electron chi connectivity index (χ2n) is 1.83. The number of thioether (sulfide) groups is 1. The van der Waals surface area contributed by atoms with Gasteiger partial charge in [0.15, 0.2) is 0 Å². The second kappa shape index (κ2) is 3.34. The molecule has 11 heavy (non-hydrogen) atoms. The smallest absolute Gasteiger partial charge is 0.144 e. The summed E-state index contributed by atoms with van der Waals surface area (Å²) in [6.07, 6.45) is 4.98. The van der Waals surface area contributed by atoms with E-state index < -0.39 is 0 Å². The number of hydrogen-bond donors (Lipinski definition) is 2. The lowest BCUT2D eigenvalue weighted by atomic mass is 10.4. The number of nitrogens with two attached hydrogens (primary N) is 1. The van der Waals surface area contributed by atoms with Crippen molar-refractivity contribution < 1.29 is 0 Å². The Morgan fingerprint density at radius 3 is 2.64 bits per heavy atom. The standard InChI is InChI=1S/C6H8N4S/c1-11-6-4(5(7)8)9-2-3-10-6/h2-3H,1H3,(H3,7,8). The van der Waals surface area contributed by atoms with Crippen LogP contribution in [0.1, 0.15) is 5.69 Å². The Morgan fingerprint density at radius 1 is 1.55 bits per heavy atom. The summed E-state index contributed by atoms with van der Waals surface area (Å²) in [6, 6.07) is 0. The molecule has 1 aromatic heterocycles. The molecule has 1 aromatic rings. The normalized spacial score (nSPS) is 9.55. The van der Waals surface area contributed by atoms with E-state index in [1.807, 2.05) is 6.26 Å². The molecule has 0 amide bonds. The molecule has 0 aliphatic carbocycles. The molecule has 0 saturated carbocycles. The van der Waals surface area contributed by atoms with Crippen LogP contribution in [0.25, 0.3) is 0 Å². The van der Waals surface area contributed by atoms with E-state index in [1.165, 1.54) is 18.0 Å². The van der Waals surface area contributed by atoms with Crippen LogP contribution in [0.5, 0.6) is 0 Å². The highest BCUT2D eigenvalue weighted by Crippen LogP contribution is 2.13. The molecule has 0 radical (unpaired) electrons. The van der Waals surface area contributed by atoms with Gasteiger partial charge < -0.3 is 5.73 Å². The molecule has 1 heterocycles. The number of rotatable bonds is 2. The van der Waals surface area contributed by atoms with E-state index in [-0.39, 0.29) is 5.84 Å². The topological polar surface area (TPSA) is 75.7 Å². The van der Waals surface area contributed by atoms with E-state index in [9.17, 15) is 0 Å². The van der Waals surface area contributed by atoms with Gasteiger partial charge in [0.05, 0.1) is 0 Å². The Hall–Kier alpha value is -1.10. The summed E-state index contributed by atoms with van der Waals surface area (Å²) in [5.74, 6) is -0.0394. The van der Waals surface area contributed by atoms with Crippen LogP contribution in [0.4, 0.5) is 0 Å². The van der Waals surface area contributed by atoms with E-state index in [1.54, 1.807) is 6.20 Å². The highest BCUT2D eigenvalue weighted by Gasteiger charge is 2.04. The van der Waals surface area contributed by atoms with Crippen molar-refractivity contribution in [2.24, 2.45) is 5.73 Å². The maximum atomic E-state index is 7.14. The van der Waals surface area contributed by atoms with E-state index in [2.05, 4.69) is 9.97 Å². The minimum absolute atomic E-state index is 0.0394. The van der Waals surface area contributed by atoms with Crippen LogP contribution in [0.3, 0.4) is 0 Å². The Balaban J connectivity index is 3.12. The van der Waals surface area contributed by atoms with Crippen molar-refractivity contribution in [2.45, 2.75) is 5.03 Å². The van der Waals surface area contributed by atoms with E-state index in [0.29, 0.717) is 10.7 Å². The minimum Gasteiger partial charge on any atom is -0.382 e. The first-order chi connectivity index (χ1) is 5.25. The molecule has 0 unspecified atom stereocenters. The third kappa shape index (κ3) is 1.68. The molecule has 4 nitrogen and oxygen atoms in total. The highest BCUT2D eigenvalue weighted by molar-refractivity contribution is 7.98. The summed E-state index contributed by atoms with van der Waals surface area (Å²) in [5, 5.41) is 7.84. The Bertz CT molecular complexity index is 273. The lowest BCUT2D eigenvalue weighted by molar-refractivity contribution is 1.03. The summed E-state index contributed by atoms with van der Waals surface area (Å²) >= 11 is 1.43. The van der Waals surface area contributed by atoms with Crippen molar-refractivity contribution in [1.82, 2.24) is 9.97 Å². The summed E-state index contributed by atoms with van der Waals surface area (Å²) in [7, 11) is 0. The third-order valence-electron chi connectivity index (χ3n) is 1.11. The predicted octanol–water partition coefficient (Wildman–Crippen LogP) is 0.483. The fourth-order valence-corrected chi connectivity index (χ4v) is 1.18. The summed E-state index contributed by atoms with van der Waals surface area (Å²) in [4.78, 5) is 7.91. The number of amidine groups is 1. The summed E-state index contributed by atoms with van der Waals surface area (Å²) in [5.41, 5.74) is 5.72. The highest BCUT2D eigenvalue weighted by atomic mass is 32.2. The fraction of sp³-hybridized carbons (Fsp3) is 0.167. The van der Waals surface area contributed by atoms with E-state index in [4.69, 9.17) is 11.1 Å². The largest absolute Gasteiger partial charge is 0.382 e. The predicted molar refractivity (Wildman–Crippen MR) is 44.8 cm³/mol. The second-order valence-corrected chi connectivity index (χ2v) is 2.62. The molecule has 3 N–H and O–H groups in total. The van der Waals surface area contributed by atoms with Crippen molar-refractivity contribution in [3.05, 3.63) is 18.1 Å². The quantitative estimate of drug-likeness (QED) is 0.382. The van der Waals surface area contributed by atoms with Crippen LogP contribution >= 0.6 is 11.8 Å². The molecule has 1 rings (SSSR count). The van der Waals surface area contributed by atoms with Gasteiger partial charge in [0.1, 0.15) is 16.6 Å². The van der Waals surface area contributed by atoms with Gasteiger partial charge in [-0.1, -0.05) is 0 Å². The molecule has 0 aromatic carbocycles. The Labute approximate surface area is 68.7 Å². The zero-order valence-corrected chi connectivity index (χ0v) is 6.85. The Kier molecular flexibility index (Phi) is 2.43. The maximum Gasteiger partial charge on any atom is 0.144 e. The van der Waals surface area contributed by atoms with Crippen LogP contribution < -0.4 is 5.73 Å². The maximum absolute atomic E-state index is 7.14. The first-order valence-electron chi connectivity index (χ1n) is 2.95. The molecule has 0 atom stereocenters. The molecule has 0 aliphatic heterocycles. The molecule has 0 spiro atoms. The average Bonchev–Trinajstić information content (AvgIpc) is 2.04. The Morgan fingerprint density at radius 2 is 2.18 bits per heavy atom. The van der Waals surface area contributed by atoms with E-state index >= 15 is 0 Å². The summed E-state index contributed by atoms with van der Waals surface area (Å²) < 4.78 is 0. The van der Waals surface area contributed by atoms with Gasteiger partial charge in [0, 0.05) is 12.4 Å². The molecule has 5 heteroatoms. The van der Waals surface area contributed by atoms with Gasteiger partial charge in [0.25, 0.3) is 0 Å². The molecule has 0 bridgehead atoms. The third-order valence-corrected chi connectivity index (χ3v) is 1.80. The van der Waals surface area contributed by atoms with Gasteiger partial charge in [-0.15, -0.1) is 11.8 Å². The van der Waals surface area contributed by atoms with Crippen LogP contribution in [0.15, 0.2) is 17.4 Å². The van der Waals surface area contributed by atoms with Crippen molar-refractivity contribution in [3.63, 3.8) is 0 Å². The summed E-state index contributed by atoms with van der Waals surface area (Å²) in [6.45, 7) is 0. The first kappa shape index (κ1) is 8.00. The molecule has 0 aliphatic rings. The van der Waals surface area contributed by atoms with Crippen molar-refractivity contribution >= 4 is 17.6 Å². The van der Waals surface area contributed by atoms with Crippen molar-refractivity contribution in [3.8, 4) is 0 Å². The lowest BCUT2D eigenvalue weighted by Crippen LogP contribution is -2.14. The number of nitrogens with one attached hydrogen (secondary N) is 1. The van der Waals surface area contributed by atoms with Gasteiger partial charge in [-0.05, 0) is 6.26 Å². The SMILES string of the molecule is CSc1nccnc1C(=N)N. The lowest BCUT2D eigenvalue weighted by Gasteiger charge is -2.00. The first-order valence-corrected chi connectivity index (χ1v) is 4.17. The zero-order chi connectivity index (χ0) is 8.27. The number of hydrogen-bond acceptors (Lipinski definition) is 4. The van der Waals surface area contributed by atoms with Gasteiger partial charge in [-0.3, -0.25) is 5.41 Å². The fourth-order valence-electron chi connectivity index (χ4n) is 0.659. The van der Waals surface area contributed by atoms with Crippen LogP contribution in [-0.4, -0.2) is 22.1 Å². The zero-order valence-electron chi connectivity index (χ0n) is 6.03. The van der Waals surface area contributed by atoms with Gasteiger partial charge in [-0.25, -0.2) is 9.97 Å². The minimum atomic E-state index is -0.0394. The molecule has 0 saturated heterocycles. The molecular formula is C6H8N4S. The van der Waals surface area contributed by atoms with Crippen molar-refractivity contribution in [2.75, 3.05) is 6.26 Å². The molecule has 58 valence electrons. The van der Waals surface area contributed by atoms with Crippen molar-refractivity contribution in [1.29, 1.82) is 5.41 Å².